The monoisotopic (exact) mass is 272 g/mol. The van der Waals surface area contributed by atoms with Gasteiger partial charge in [-0.05, 0) is 42.7 Å². The molecule has 1 unspecified atom stereocenters. The average molecular weight is 272 g/mol. The first-order valence-electron chi connectivity index (χ1n) is 7.84. The van der Waals surface area contributed by atoms with Crippen molar-refractivity contribution in [3.63, 3.8) is 0 Å². The Morgan fingerprint density at radius 1 is 1.05 bits per heavy atom. The molecule has 3 heteroatoms. The van der Waals surface area contributed by atoms with Gasteiger partial charge in [0.15, 0.2) is 0 Å². The van der Waals surface area contributed by atoms with Crippen LogP contribution in [0.15, 0.2) is 24.3 Å². The van der Waals surface area contributed by atoms with Crippen molar-refractivity contribution in [2.75, 3.05) is 26.2 Å². The van der Waals surface area contributed by atoms with Crippen molar-refractivity contribution >= 4 is 6.03 Å². The maximum absolute atomic E-state index is 12.7. The molecule has 0 N–H and O–H groups in total. The Balaban J connectivity index is 1.65. The highest BCUT2D eigenvalue weighted by atomic mass is 16.2. The van der Waals surface area contributed by atoms with E-state index in [2.05, 4.69) is 41.0 Å². The number of nitrogens with zero attached hydrogens (tertiary/aromatic N) is 2. The van der Waals surface area contributed by atoms with Gasteiger partial charge in [-0.25, -0.2) is 4.79 Å². The number of carbonyl (C=O) groups excluding carboxylic acids is 1. The van der Waals surface area contributed by atoms with Crippen molar-refractivity contribution in [1.82, 2.24) is 9.80 Å². The van der Waals surface area contributed by atoms with Gasteiger partial charge in [-0.3, -0.25) is 0 Å². The lowest BCUT2D eigenvalue weighted by Crippen LogP contribution is -2.48. The summed E-state index contributed by atoms with van der Waals surface area (Å²) in [6.45, 7) is 5.84. The first-order valence-corrected chi connectivity index (χ1v) is 7.84. The van der Waals surface area contributed by atoms with Crippen molar-refractivity contribution < 1.29 is 4.79 Å². The minimum absolute atomic E-state index is 0.254. The SMILES string of the molecule is CC1CCCN(C(=O)N2CCc3ccccc3CC2)C1. The van der Waals surface area contributed by atoms with E-state index in [0.717, 1.165) is 45.4 Å². The minimum Gasteiger partial charge on any atom is -0.324 e. The molecule has 0 spiro atoms. The number of hydrogen-bond acceptors (Lipinski definition) is 1. The summed E-state index contributed by atoms with van der Waals surface area (Å²) in [6, 6.07) is 8.86. The highest BCUT2D eigenvalue weighted by Crippen LogP contribution is 2.20. The summed E-state index contributed by atoms with van der Waals surface area (Å²) >= 11 is 0. The van der Waals surface area contributed by atoms with Crippen LogP contribution >= 0.6 is 0 Å². The standard InChI is InChI=1S/C17H24N2O/c1-14-5-4-10-19(13-14)17(20)18-11-8-15-6-2-3-7-16(15)9-12-18/h2-3,6-7,14H,4-5,8-13H2,1H3. The van der Waals surface area contributed by atoms with Crippen LogP contribution in [-0.2, 0) is 12.8 Å². The zero-order chi connectivity index (χ0) is 13.9. The molecule has 2 aliphatic rings. The fourth-order valence-electron chi connectivity index (χ4n) is 3.42. The summed E-state index contributed by atoms with van der Waals surface area (Å²) in [7, 11) is 0. The molecule has 2 aliphatic heterocycles. The van der Waals surface area contributed by atoms with Crippen LogP contribution in [0.5, 0.6) is 0 Å². The van der Waals surface area contributed by atoms with Crippen LogP contribution in [0, 0.1) is 5.92 Å². The molecule has 2 amide bonds. The van der Waals surface area contributed by atoms with Crippen LogP contribution in [0.25, 0.3) is 0 Å². The maximum Gasteiger partial charge on any atom is 0.320 e. The second kappa shape index (κ2) is 5.86. The van der Waals surface area contributed by atoms with Gasteiger partial charge in [0.2, 0.25) is 0 Å². The number of amides is 2. The summed E-state index contributed by atoms with van der Waals surface area (Å²) in [5, 5.41) is 0. The molecule has 1 fully saturated rings. The first-order chi connectivity index (χ1) is 9.74. The second-order valence-corrected chi connectivity index (χ2v) is 6.23. The number of likely N-dealkylation sites (tertiary alicyclic amines) is 1. The summed E-state index contributed by atoms with van der Waals surface area (Å²) in [6.07, 6.45) is 4.40. The van der Waals surface area contributed by atoms with E-state index in [1.807, 2.05) is 0 Å². The smallest absolute Gasteiger partial charge is 0.320 e. The number of rotatable bonds is 0. The number of benzene rings is 1. The Kier molecular flexibility index (Phi) is 3.95. The number of fused-ring (bicyclic) bond motifs is 1. The van der Waals surface area contributed by atoms with Crippen molar-refractivity contribution in [3.05, 3.63) is 35.4 Å². The van der Waals surface area contributed by atoms with E-state index < -0.39 is 0 Å². The fourth-order valence-corrected chi connectivity index (χ4v) is 3.42. The minimum atomic E-state index is 0.254. The maximum atomic E-state index is 12.7. The highest BCUT2D eigenvalue weighted by molar-refractivity contribution is 5.74. The summed E-state index contributed by atoms with van der Waals surface area (Å²) in [4.78, 5) is 16.8. The number of piperidine rings is 1. The van der Waals surface area contributed by atoms with Gasteiger partial charge in [0.25, 0.3) is 0 Å². The zero-order valence-electron chi connectivity index (χ0n) is 12.3. The Labute approximate surface area is 121 Å². The second-order valence-electron chi connectivity index (χ2n) is 6.23. The Morgan fingerprint density at radius 2 is 1.70 bits per heavy atom. The number of urea groups is 1. The molecule has 0 aliphatic carbocycles. The largest absolute Gasteiger partial charge is 0.324 e. The Bertz CT molecular complexity index is 459. The summed E-state index contributed by atoms with van der Waals surface area (Å²) < 4.78 is 0. The Hall–Kier alpha value is -1.51. The highest BCUT2D eigenvalue weighted by Gasteiger charge is 2.26. The third kappa shape index (κ3) is 2.82. The topological polar surface area (TPSA) is 23.6 Å². The molecule has 1 atom stereocenters. The van der Waals surface area contributed by atoms with Crippen LogP contribution < -0.4 is 0 Å². The molecule has 0 saturated carbocycles. The van der Waals surface area contributed by atoms with Crippen LogP contribution in [-0.4, -0.2) is 42.0 Å². The molecule has 3 rings (SSSR count). The lowest BCUT2D eigenvalue weighted by molar-refractivity contribution is 0.133. The quantitative estimate of drug-likeness (QED) is 0.712. The van der Waals surface area contributed by atoms with E-state index in [1.54, 1.807) is 0 Å². The summed E-state index contributed by atoms with van der Waals surface area (Å²) in [5.74, 6) is 0.650. The molecule has 0 bridgehead atoms. The number of carbonyl (C=O) groups is 1. The van der Waals surface area contributed by atoms with Gasteiger partial charge in [0.1, 0.15) is 0 Å². The van der Waals surface area contributed by atoms with Gasteiger partial charge in [-0.2, -0.15) is 0 Å². The van der Waals surface area contributed by atoms with Gasteiger partial charge in [-0.15, -0.1) is 0 Å². The number of hydrogen-bond donors (Lipinski definition) is 0. The normalized spacial score (nSPS) is 23.1. The van der Waals surface area contributed by atoms with E-state index in [-0.39, 0.29) is 6.03 Å². The lowest BCUT2D eigenvalue weighted by atomic mass is 10.0. The molecule has 0 aromatic heterocycles. The zero-order valence-corrected chi connectivity index (χ0v) is 12.3. The van der Waals surface area contributed by atoms with Gasteiger partial charge in [-0.1, -0.05) is 31.2 Å². The molecule has 108 valence electrons. The molecular weight excluding hydrogens is 248 g/mol. The van der Waals surface area contributed by atoms with Gasteiger partial charge >= 0.3 is 6.03 Å². The third-order valence-corrected chi connectivity index (χ3v) is 4.62. The molecule has 0 radical (unpaired) electrons. The predicted octanol–water partition coefficient (Wildman–Crippen LogP) is 2.94. The van der Waals surface area contributed by atoms with E-state index in [1.165, 1.54) is 17.5 Å². The van der Waals surface area contributed by atoms with E-state index in [4.69, 9.17) is 0 Å². The van der Waals surface area contributed by atoms with Crippen LogP contribution in [0.1, 0.15) is 30.9 Å². The predicted molar refractivity (Wildman–Crippen MR) is 80.8 cm³/mol. The average Bonchev–Trinajstić information content (AvgIpc) is 2.69. The molecule has 1 aromatic rings. The van der Waals surface area contributed by atoms with Crippen LogP contribution in [0.4, 0.5) is 4.79 Å². The Morgan fingerprint density at radius 3 is 2.30 bits per heavy atom. The van der Waals surface area contributed by atoms with Crippen molar-refractivity contribution in [1.29, 1.82) is 0 Å². The summed E-state index contributed by atoms with van der Waals surface area (Å²) in [5.41, 5.74) is 2.82. The molecule has 1 saturated heterocycles. The van der Waals surface area contributed by atoms with Crippen LogP contribution in [0.3, 0.4) is 0 Å². The molecule has 1 aromatic carbocycles. The van der Waals surface area contributed by atoms with Gasteiger partial charge < -0.3 is 9.80 Å². The van der Waals surface area contributed by atoms with E-state index in [9.17, 15) is 4.79 Å². The first kappa shape index (κ1) is 13.5. The van der Waals surface area contributed by atoms with Crippen molar-refractivity contribution in [2.24, 2.45) is 5.92 Å². The van der Waals surface area contributed by atoms with Gasteiger partial charge in [0, 0.05) is 26.2 Å². The van der Waals surface area contributed by atoms with E-state index >= 15 is 0 Å². The molecular formula is C17H24N2O. The van der Waals surface area contributed by atoms with Crippen LogP contribution in [0.2, 0.25) is 0 Å². The van der Waals surface area contributed by atoms with Crippen molar-refractivity contribution in [2.45, 2.75) is 32.6 Å². The lowest BCUT2D eigenvalue weighted by Gasteiger charge is -2.35. The van der Waals surface area contributed by atoms with E-state index in [0.29, 0.717) is 5.92 Å². The fraction of sp³-hybridized carbons (Fsp3) is 0.588. The molecule has 2 heterocycles. The van der Waals surface area contributed by atoms with Crippen molar-refractivity contribution in [3.8, 4) is 0 Å². The third-order valence-electron chi connectivity index (χ3n) is 4.62. The van der Waals surface area contributed by atoms with Gasteiger partial charge in [0.05, 0.1) is 0 Å². The molecule has 20 heavy (non-hydrogen) atoms. The molecule has 3 nitrogen and oxygen atoms in total.